The molecule has 1 aromatic carbocycles. The highest BCUT2D eigenvalue weighted by Crippen LogP contribution is 2.39. The third kappa shape index (κ3) is 4.36. The largest absolute Gasteiger partial charge is 0.434 e. The van der Waals surface area contributed by atoms with Crippen LogP contribution in [0.25, 0.3) is 0 Å². The van der Waals surface area contributed by atoms with E-state index in [9.17, 15) is 23.1 Å². The standard InChI is InChI=1S/C18H19F3N4O2/c19-18(20,21)14-13(15(27)23-10-17(11-26)7-4-8-17)9-22-16(25-14)24-12-5-2-1-3-6-12/h1-3,5-6,9,26H,4,7-8,10-11H2,(H,23,27)(H,22,24,25). The molecule has 0 spiro atoms. The van der Waals surface area contributed by atoms with E-state index >= 15 is 0 Å². The smallest absolute Gasteiger partial charge is 0.396 e. The van der Waals surface area contributed by atoms with Crippen LogP contribution in [0.1, 0.15) is 35.3 Å². The molecule has 0 saturated heterocycles. The van der Waals surface area contributed by atoms with Gasteiger partial charge in [0.25, 0.3) is 5.91 Å². The van der Waals surface area contributed by atoms with Crippen molar-refractivity contribution >= 4 is 17.5 Å². The molecule has 9 heteroatoms. The summed E-state index contributed by atoms with van der Waals surface area (Å²) in [4.78, 5) is 19.6. The summed E-state index contributed by atoms with van der Waals surface area (Å²) in [6, 6.07) is 8.51. The monoisotopic (exact) mass is 380 g/mol. The van der Waals surface area contributed by atoms with Crippen molar-refractivity contribution in [2.75, 3.05) is 18.5 Å². The third-order valence-corrected chi connectivity index (χ3v) is 4.71. The number of carbonyl (C=O) groups is 1. The van der Waals surface area contributed by atoms with Crippen molar-refractivity contribution in [3.05, 3.63) is 47.8 Å². The second kappa shape index (κ2) is 7.51. The van der Waals surface area contributed by atoms with E-state index in [-0.39, 0.29) is 19.1 Å². The number of alkyl halides is 3. The van der Waals surface area contributed by atoms with Crippen molar-refractivity contribution in [3.8, 4) is 0 Å². The summed E-state index contributed by atoms with van der Waals surface area (Å²) >= 11 is 0. The number of halogens is 3. The zero-order chi connectivity index (χ0) is 19.5. The molecule has 1 aromatic heterocycles. The first-order valence-electron chi connectivity index (χ1n) is 8.48. The maximum Gasteiger partial charge on any atom is 0.434 e. The number of nitrogens with one attached hydrogen (secondary N) is 2. The highest BCUT2D eigenvalue weighted by Gasteiger charge is 2.40. The van der Waals surface area contributed by atoms with E-state index in [1.54, 1.807) is 30.3 Å². The molecule has 1 amide bonds. The molecule has 0 aliphatic heterocycles. The van der Waals surface area contributed by atoms with Crippen LogP contribution in [-0.4, -0.2) is 34.1 Å². The van der Waals surface area contributed by atoms with Crippen LogP contribution in [0.3, 0.4) is 0 Å². The molecule has 3 rings (SSSR count). The Balaban J connectivity index is 1.80. The molecule has 6 nitrogen and oxygen atoms in total. The minimum Gasteiger partial charge on any atom is -0.396 e. The lowest BCUT2D eigenvalue weighted by atomic mass is 9.69. The van der Waals surface area contributed by atoms with E-state index in [1.165, 1.54) is 0 Å². The van der Waals surface area contributed by atoms with Gasteiger partial charge in [-0.2, -0.15) is 13.2 Å². The quantitative estimate of drug-likeness (QED) is 0.717. The number of carbonyl (C=O) groups excluding carboxylic acids is 1. The number of anilines is 2. The Kier molecular flexibility index (Phi) is 5.31. The van der Waals surface area contributed by atoms with Gasteiger partial charge in [-0.05, 0) is 25.0 Å². The summed E-state index contributed by atoms with van der Waals surface area (Å²) in [5, 5.41) is 14.6. The highest BCUT2D eigenvalue weighted by molar-refractivity contribution is 5.95. The number of amides is 1. The minimum absolute atomic E-state index is 0.115. The van der Waals surface area contributed by atoms with Gasteiger partial charge in [-0.25, -0.2) is 9.97 Å². The van der Waals surface area contributed by atoms with Crippen molar-refractivity contribution in [2.45, 2.75) is 25.4 Å². The van der Waals surface area contributed by atoms with E-state index < -0.39 is 28.8 Å². The Bertz CT molecular complexity index is 802. The molecule has 0 radical (unpaired) electrons. The van der Waals surface area contributed by atoms with Gasteiger partial charge in [0, 0.05) is 23.8 Å². The minimum atomic E-state index is -4.81. The number of benzene rings is 1. The van der Waals surface area contributed by atoms with Crippen LogP contribution in [0, 0.1) is 5.41 Å². The predicted molar refractivity (Wildman–Crippen MR) is 92.5 cm³/mol. The molecular weight excluding hydrogens is 361 g/mol. The topological polar surface area (TPSA) is 87.1 Å². The number of aromatic nitrogens is 2. The number of hydrogen-bond donors (Lipinski definition) is 3. The van der Waals surface area contributed by atoms with Crippen LogP contribution in [0.2, 0.25) is 0 Å². The molecule has 144 valence electrons. The maximum absolute atomic E-state index is 13.4. The second-order valence-corrected chi connectivity index (χ2v) is 6.64. The Morgan fingerprint density at radius 1 is 1.22 bits per heavy atom. The number of aliphatic hydroxyl groups excluding tert-OH is 1. The van der Waals surface area contributed by atoms with Gasteiger partial charge in [-0.1, -0.05) is 24.6 Å². The van der Waals surface area contributed by atoms with Gasteiger partial charge >= 0.3 is 6.18 Å². The molecule has 2 aromatic rings. The number of para-hydroxylation sites is 1. The summed E-state index contributed by atoms with van der Waals surface area (Å²) in [7, 11) is 0. The van der Waals surface area contributed by atoms with Gasteiger partial charge in [-0.3, -0.25) is 4.79 Å². The molecule has 0 atom stereocenters. The summed E-state index contributed by atoms with van der Waals surface area (Å²) in [6.07, 6.45) is -1.57. The van der Waals surface area contributed by atoms with Gasteiger partial charge in [0.05, 0.1) is 12.2 Å². The fraction of sp³-hybridized carbons (Fsp3) is 0.389. The maximum atomic E-state index is 13.4. The van der Waals surface area contributed by atoms with E-state index in [1.807, 2.05) is 0 Å². The Morgan fingerprint density at radius 3 is 2.48 bits per heavy atom. The van der Waals surface area contributed by atoms with Gasteiger partial charge < -0.3 is 15.7 Å². The summed E-state index contributed by atoms with van der Waals surface area (Å²) < 4.78 is 40.2. The third-order valence-electron chi connectivity index (χ3n) is 4.71. The van der Waals surface area contributed by atoms with Gasteiger partial charge in [0.1, 0.15) is 0 Å². The van der Waals surface area contributed by atoms with Crippen LogP contribution in [-0.2, 0) is 6.18 Å². The molecule has 1 fully saturated rings. The SMILES string of the molecule is O=C(NCC1(CO)CCC1)c1cnc(Nc2ccccc2)nc1C(F)(F)F. The van der Waals surface area contributed by atoms with Crippen LogP contribution in [0.4, 0.5) is 24.8 Å². The molecule has 1 heterocycles. The predicted octanol–water partition coefficient (Wildman–Crippen LogP) is 3.13. The normalized spacial score (nSPS) is 15.7. The van der Waals surface area contributed by atoms with Gasteiger partial charge in [0.15, 0.2) is 5.69 Å². The lowest BCUT2D eigenvalue weighted by Crippen LogP contribution is -2.45. The van der Waals surface area contributed by atoms with E-state index in [2.05, 4.69) is 20.6 Å². The first kappa shape index (κ1) is 19.1. The van der Waals surface area contributed by atoms with Crippen molar-refractivity contribution < 1.29 is 23.1 Å². The molecule has 1 aliphatic carbocycles. The molecule has 1 saturated carbocycles. The Morgan fingerprint density at radius 2 is 1.93 bits per heavy atom. The zero-order valence-electron chi connectivity index (χ0n) is 14.4. The van der Waals surface area contributed by atoms with Gasteiger partial charge in [0.2, 0.25) is 5.95 Å². The highest BCUT2D eigenvalue weighted by atomic mass is 19.4. The van der Waals surface area contributed by atoms with Gasteiger partial charge in [-0.15, -0.1) is 0 Å². The second-order valence-electron chi connectivity index (χ2n) is 6.64. The number of nitrogens with zero attached hydrogens (tertiary/aromatic N) is 2. The number of aliphatic hydroxyl groups is 1. The lowest BCUT2D eigenvalue weighted by molar-refractivity contribution is -0.141. The van der Waals surface area contributed by atoms with Crippen molar-refractivity contribution in [1.82, 2.24) is 15.3 Å². The fourth-order valence-electron chi connectivity index (χ4n) is 2.91. The Hall–Kier alpha value is -2.68. The van der Waals surface area contributed by atoms with Crippen molar-refractivity contribution in [1.29, 1.82) is 0 Å². The van der Waals surface area contributed by atoms with E-state index in [4.69, 9.17) is 0 Å². The van der Waals surface area contributed by atoms with E-state index in [0.29, 0.717) is 5.69 Å². The van der Waals surface area contributed by atoms with Crippen LogP contribution in [0.15, 0.2) is 36.5 Å². The van der Waals surface area contributed by atoms with Crippen molar-refractivity contribution in [2.24, 2.45) is 5.41 Å². The molecule has 0 unspecified atom stereocenters. The Labute approximate surface area is 153 Å². The molecule has 1 aliphatic rings. The fourth-order valence-corrected chi connectivity index (χ4v) is 2.91. The summed E-state index contributed by atoms with van der Waals surface area (Å²) in [6.45, 7) is -0.000507. The lowest BCUT2D eigenvalue weighted by Gasteiger charge is -2.40. The molecule has 3 N–H and O–H groups in total. The van der Waals surface area contributed by atoms with Crippen LogP contribution >= 0.6 is 0 Å². The average Bonchev–Trinajstić information content (AvgIpc) is 2.61. The molecule has 0 bridgehead atoms. The molecule has 27 heavy (non-hydrogen) atoms. The van der Waals surface area contributed by atoms with E-state index in [0.717, 1.165) is 25.5 Å². The van der Waals surface area contributed by atoms with Crippen molar-refractivity contribution in [3.63, 3.8) is 0 Å². The number of hydrogen-bond acceptors (Lipinski definition) is 5. The summed E-state index contributed by atoms with van der Waals surface area (Å²) in [5.74, 6) is -1.16. The summed E-state index contributed by atoms with van der Waals surface area (Å²) in [5.41, 5.74) is -1.87. The first-order valence-corrected chi connectivity index (χ1v) is 8.48. The average molecular weight is 380 g/mol. The number of rotatable bonds is 6. The van der Waals surface area contributed by atoms with Crippen LogP contribution < -0.4 is 10.6 Å². The molecular formula is C18H19F3N4O2. The first-order chi connectivity index (χ1) is 12.8. The zero-order valence-corrected chi connectivity index (χ0v) is 14.4. The van der Waals surface area contributed by atoms with Crippen LogP contribution in [0.5, 0.6) is 0 Å².